The summed E-state index contributed by atoms with van der Waals surface area (Å²) in [6, 6.07) is 1.64. The van der Waals surface area contributed by atoms with E-state index in [4.69, 9.17) is 14.9 Å². The maximum Gasteiger partial charge on any atom is 0.136 e. The molecule has 0 saturated heterocycles. The summed E-state index contributed by atoms with van der Waals surface area (Å²) in [5, 5.41) is 0. The van der Waals surface area contributed by atoms with Crippen LogP contribution in [0.2, 0.25) is 0 Å². The summed E-state index contributed by atoms with van der Waals surface area (Å²) < 4.78 is 11.4. The molecule has 0 amide bonds. The lowest BCUT2D eigenvalue weighted by atomic mass is 10.2. The van der Waals surface area contributed by atoms with Gasteiger partial charge in [-0.1, -0.05) is 6.92 Å². The molecule has 1 unspecified atom stereocenters. The zero-order valence-electron chi connectivity index (χ0n) is 7.63. The number of furan rings is 1. The van der Waals surface area contributed by atoms with Crippen molar-refractivity contribution in [3.63, 3.8) is 0 Å². The van der Waals surface area contributed by atoms with Gasteiger partial charge in [-0.15, -0.1) is 0 Å². The summed E-state index contributed by atoms with van der Waals surface area (Å²) in [6.07, 6.45) is 2.62. The number of ether oxygens (including phenoxy) is 1. The number of halogens is 1. The number of hydrogen-bond acceptors (Lipinski definition) is 3. The fourth-order valence-electron chi connectivity index (χ4n) is 1.00. The predicted octanol–water partition coefficient (Wildman–Crippen LogP) is 2.47. The minimum Gasteiger partial charge on any atom is -0.466 e. The SMILES string of the molecule is CCCOCC(N)c1occc1Br. The summed E-state index contributed by atoms with van der Waals surface area (Å²) in [5.74, 6) is 0.746. The van der Waals surface area contributed by atoms with Gasteiger partial charge in [-0.3, -0.25) is 0 Å². The standard InChI is InChI=1S/C9H14BrNO2/c1-2-4-12-6-8(11)9-7(10)3-5-13-9/h3,5,8H,2,4,6,11H2,1H3. The number of nitrogens with two attached hydrogens (primary N) is 1. The molecule has 1 aromatic heterocycles. The van der Waals surface area contributed by atoms with E-state index in [-0.39, 0.29) is 6.04 Å². The van der Waals surface area contributed by atoms with E-state index in [0.717, 1.165) is 23.3 Å². The van der Waals surface area contributed by atoms with Gasteiger partial charge in [0.1, 0.15) is 5.76 Å². The van der Waals surface area contributed by atoms with E-state index in [0.29, 0.717) is 6.61 Å². The lowest BCUT2D eigenvalue weighted by Crippen LogP contribution is -2.17. The molecule has 4 heteroatoms. The Kier molecular flexibility index (Phi) is 4.48. The van der Waals surface area contributed by atoms with Crippen LogP contribution in [-0.4, -0.2) is 13.2 Å². The highest BCUT2D eigenvalue weighted by molar-refractivity contribution is 9.10. The largest absolute Gasteiger partial charge is 0.466 e. The van der Waals surface area contributed by atoms with Crippen molar-refractivity contribution in [1.82, 2.24) is 0 Å². The van der Waals surface area contributed by atoms with Crippen LogP contribution < -0.4 is 5.73 Å². The van der Waals surface area contributed by atoms with Gasteiger partial charge in [0, 0.05) is 6.61 Å². The van der Waals surface area contributed by atoms with Crippen LogP contribution in [0.25, 0.3) is 0 Å². The van der Waals surface area contributed by atoms with Crippen LogP contribution in [0, 0.1) is 0 Å². The molecule has 0 spiro atoms. The maximum atomic E-state index is 5.83. The molecule has 0 bridgehead atoms. The normalized spacial score (nSPS) is 13.2. The van der Waals surface area contributed by atoms with Crippen LogP contribution in [0.4, 0.5) is 0 Å². The fourth-order valence-corrected chi connectivity index (χ4v) is 1.50. The van der Waals surface area contributed by atoms with E-state index in [2.05, 4.69) is 22.9 Å². The van der Waals surface area contributed by atoms with E-state index in [9.17, 15) is 0 Å². The summed E-state index contributed by atoms with van der Waals surface area (Å²) >= 11 is 3.35. The second-order valence-electron chi connectivity index (χ2n) is 2.81. The molecule has 74 valence electrons. The highest BCUT2D eigenvalue weighted by Gasteiger charge is 2.12. The molecule has 13 heavy (non-hydrogen) atoms. The molecule has 1 rings (SSSR count). The zero-order valence-corrected chi connectivity index (χ0v) is 9.21. The third-order valence-electron chi connectivity index (χ3n) is 1.63. The third kappa shape index (κ3) is 3.14. The average molecular weight is 248 g/mol. The molecular weight excluding hydrogens is 234 g/mol. The molecule has 0 aliphatic heterocycles. The molecule has 0 aliphatic rings. The Morgan fingerprint density at radius 2 is 2.46 bits per heavy atom. The van der Waals surface area contributed by atoms with E-state index >= 15 is 0 Å². The van der Waals surface area contributed by atoms with Crippen LogP contribution >= 0.6 is 15.9 Å². The number of hydrogen-bond donors (Lipinski definition) is 1. The van der Waals surface area contributed by atoms with Crippen molar-refractivity contribution in [3.8, 4) is 0 Å². The molecular formula is C9H14BrNO2. The monoisotopic (exact) mass is 247 g/mol. The lowest BCUT2D eigenvalue weighted by Gasteiger charge is -2.09. The van der Waals surface area contributed by atoms with Crippen LogP contribution in [-0.2, 0) is 4.74 Å². The minimum atomic E-state index is -0.184. The van der Waals surface area contributed by atoms with E-state index in [1.807, 2.05) is 6.07 Å². The van der Waals surface area contributed by atoms with Gasteiger partial charge < -0.3 is 14.9 Å². The van der Waals surface area contributed by atoms with Crippen molar-refractivity contribution in [2.24, 2.45) is 5.73 Å². The molecule has 0 saturated carbocycles. The van der Waals surface area contributed by atoms with Crippen molar-refractivity contribution in [3.05, 3.63) is 22.6 Å². The molecule has 0 radical (unpaired) electrons. The quantitative estimate of drug-likeness (QED) is 0.814. The smallest absolute Gasteiger partial charge is 0.136 e. The highest BCUT2D eigenvalue weighted by Crippen LogP contribution is 2.22. The summed E-state index contributed by atoms with van der Waals surface area (Å²) in [6.45, 7) is 3.31. The van der Waals surface area contributed by atoms with Crippen LogP contribution in [0.15, 0.2) is 21.2 Å². The van der Waals surface area contributed by atoms with Gasteiger partial charge in [-0.25, -0.2) is 0 Å². The molecule has 0 aliphatic carbocycles. The van der Waals surface area contributed by atoms with Crippen LogP contribution in [0.5, 0.6) is 0 Å². The van der Waals surface area contributed by atoms with Crippen molar-refractivity contribution in [1.29, 1.82) is 0 Å². The second-order valence-corrected chi connectivity index (χ2v) is 3.67. The maximum absolute atomic E-state index is 5.83. The molecule has 3 nitrogen and oxygen atoms in total. The molecule has 1 heterocycles. The first kappa shape index (κ1) is 10.8. The molecule has 0 fully saturated rings. The Hall–Kier alpha value is -0.320. The first-order valence-corrected chi connectivity index (χ1v) is 5.11. The first-order valence-electron chi connectivity index (χ1n) is 4.32. The fraction of sp³-hybridized carbons (Fsp3) is 0.556. The van der Waals surface area contributed by atoms with Crippen molar-refractivity contribution in [2.75, 3.05) is 13.2 Å². The second kappa shape index (κ2) is 5.42. The van der Waals surface area contributed by atoms with Crippen molar-refractivity contribution in [2.45, 2.75) is 19.4 Å². The molecule has 2 N–H and O–H groups in total. The first-order chi connectivity index (χ1) is 6.25. The molecule has 0 aromatic carbocycles. The van der Waals surface area contributed by atoms with Gasteiger partial charge in [0.25, 0.3) is 0 Å². The minimum absolute atomic E-state index is 0.184. The summed E-state index contributed by atoms with van der Waals surface area (Å²) in [7, 11) is 0. The van der Waals surface area contributed by atoms with E-state index in [1.165, 1.54) is 0 Å². The Balaban J connectivity index is 2.39. The van der Waals surface area contributed by atoms with Gasteiger partial charge in [0.2, 0.25) is 0 Å². The Morgan fingerprint density at radius 3 is 3.00 bits per heavy atom. The third-order valence-corrected chi connectivity index (χ3v) is 2.28. The summed E-state index contributed by atoms with van der Waals surface area (Å²) in [5.41, 5.74) is 5.83. The number of rotatable bonds is 5. The molecule has 1 atom stereocenters. The van der Waals surface area contributed by atoms with Gasteiger partial charge in [-0.2, -0.15) is 0 Å². The zero-order chi connectivity index (χ0) is 9.68. The Labute approximate surface area is 86.4 Å². The van der Waals surface area contributed by atoms with Gasteiger partial charge in [0.15, 0.2) is 0 Å². The Bertz CT molecular complexity index is 250. The van der Waals surface area contributed by atoms with Crippen molar-refractivity contribution < 1.29 is 9.15 Å². The topological polar surface area (TPSA) is 48.4 Å². The molecule has 1 aromatic rings. The average Bonchev–Trinajstić information content (AvgIpc) is 2.52. The van der Waals surface area contributed by atoms with Gasteiger partial charge in [-0.05, 0) is 28.4 Å². The van der Waals surface area contributed by atoms with Crippen molar-refractivity contribution >= 4 is 15.9 Å². The van der Waals surface area contributed by atoms with Crippen LogP contribution in [0.3, 0.4) is 0 Å². The van der Waals surface area contributed by atoms with E-state index in [1.54, 1.807) is 6.26 Å². The van der Waals surface area contributed by atoms with E-state index < -0.39 is 0 Å². The highest BCUT2D eigenvalue weighted by atomic mass is 79.9. The van der Waals surface area contributed by atoms with Crippen LogP contribution in [0.1, 0.15) is 25.1 Å². The Morgan fingerprint density at radius 1 is 1.69 bits per heavy atom. The summed E-state index contributed by atoms with van der Waals surface area (Å²) in [4.78, 5) is 0. The lowest BCUT2D eigenvalue weighted by molar-refractivity contribution is 0.116. The predicted molar refractivity (Wildman–Crippen MR) is 54.4 cm³/mol. The van der Waals surface area contributed by atoms with Gasteiger partial charge >= 0.3 is 0 Å². The van der Waals surface area contributed by atoms with Gasteiger partial charge in [0.05, 0.1) is 23.4 Å².